The van der Waals surface area contributed by atoms with Crippen LogP contribution in [0.4, 0.5) is 10.1 Å². The lowest BCUT2D eigenvalue weighted by Crippen LogP contribution is -2.53. The summed E-state index contributed by atoms with van der Waals surface area (Å²) >= 11 is 0. The van der Waals surface area contributed by atoms with Crippen LogP contribution in [0.3, 0.4) is 0 Å². The molecule has 2 fully saturated rings. The fourth-order valence-corrected chi connectivity index (χ4v) is 4.39. The number of carboxylic acids is 1. The molecule has 0 radical (unpaired) electrons. The maximum atomic E-state index is 15.4. The van der Waals surface area contributed by atoms with Crippen LogP contribution in [-0.2, 0) is 9.53 Å². The smallest absolute Gasteiger partial charge is 0.341 e. The zero-order valence-electron chi connectivity index (χ0n) is 18.3. The molecule has 1 unspecified atom stereocenters. The van der Waals surface area contributed by atoms with Crippen LogP contribution < -0.4 is 15.1 Å². The van der Waals surface area contributed by atoms with Crippen LogP contribution in [0.1, 0.15) is 36.2 Å². The molecule has 1 saturated carbocycles. The zero-order chi connectivity index (χ0) is 23.2. The van der Waals surface area contributed by atoms with Gasteiger partial charge >= 0.3 is 11.9 Å². The number of carboxylic acid groups (broad SMARTS) is 1. The van der Waals surface area contributed by atoms with Crippen molar-refractivity contribution in [3.05, 3.63) is 33.9 Å². The molecule has 1 N–H and O–H groups in total. The van der Waals surface area contributed by atoms with Crippen molar-refractivity contribution in [1.82, 2.24) is 9.47 Å². The molecule has 32 heavy (non-hydrogen) atoms. The predicted molar refractivity (Wildman–Crippen MR) is 115 cm³/mol. The molecule has 1 atom stereocenters. The van der Waals surface area contributed by atoms with Gasteiger partial charge in [0.25, 0.3) is 0 Å². The van der Waals surface area contributed by atoms with Crippen LogP contribution in [0.5, 0.6) is 5.75 Å². The van der Waals surface area contributed by atoms with E-state index in [2.05, 4.69) is 0 Å². The molecule has 1 aromatic carbocycles. The highest BCUT2D eigenvalue weighted by Gasteiger charge is 2.33. The lowest BCUT2D eigenvalue weighted by molar-refractivity contribution is -0.142. The third-order valence-electron chi connectivity index (χ3n) is 6.21. The number of aromatic nitrogens is 1. The molecule has 2 aromatic rings. The highest BCUT2D eigenvalue weighted by molar-refractivity contribution is 5.97. The first-order chi connectivity index (χ1) is 15.3. The Morgan fingerprint density at radius 3 is 2.53 bits per heavy atom. The van der Waals surface area contributed by atoms with Gasteiger partial charge in [0.1, 0.15) is 11.3 Å². The SMILES string of the molecule is COC(=O)CN1CCN(c2c(F)cc3c(=O)c(C(=O)O)cn(C4CC4)c3c2OC)CC1C. The first kappa shape index (κ1) is 22.1. The van der Waals surface area contributed by atoms with Gasteiger partial charge in [0.15, 0.2) is 11.6 Å². The first-order valence-corrected chi connectivity index (χ1v) is 10.5. The fraction of sp³-hybridized carbons (Fsp3) is 0.500. The second-order valence-corrected chi connectivity index (χ2v) is 8.29. The minimum Gasteiger partial charge on any atom is -0.492 e. The van der Waals surface area contributed by atoms with Gasteiger partial charge in [0, 0.05) is 37.9 Å². The van der Waals surface area contributed by atoms with Gasteiger partial charge in [0.05, 0.1) is 31.7 Å². The number of rotatable bonds is 6. The van der Waals surface area contributed by atoms with Crippen LogP contribution in [-0.4, -0.2) is 73.0 Å². The quantitative estimate of drug-likeness (QED) is 0.670. The molecule has 2 heterocycles. The Morgan fingerprint density at radius 1 is 1.25 bits per heavy atom. The van der Waals surface area contributed by atoms with Crippen molar-refractivity contribution < 1.29 is 28.6 Å². The van der Waals surface area contributed by atoms with Crippen LogP contribution >= 0.6 is 0 Å². The van der Waals surface area contributed by atoms with Gasteiger partial charge in [-0.25, -0.2) is 9.18 Å². The van der Waals surface area contributed by atoms with Gasteiger partial charge in [-0.1, -0.05) is 0 Å². The first-order valence-electron chi connectivity index (χ1n) is 10.5. The van der Waals surface area contributed by atoms with E-state index in [4.69, 9.17) is 9.47 Å². The number of halogens is 1. The number of aromatic carboxylic acids is 1. The molecule has 1 aliphatic heterocycles. The number of methoxy groups -OCH3 is 2. The maximum absolute atomic E-state index is 15.4. The van der Waals surface area contributed by atoms with Gasteiger partial charge in [0.2, 0.25) is 5.43 Å². The second kappa shape index (κ2) is 8.42. The number of piperazine rings is 1. The number of pyridine rings is 1. The second-order valence-electron chi connectivity index (χ2n) is 8.29. The van der Waals surface area contributed by atoms with Crippen molar-refractivity contribution in [1.29, 1.82) is 0 Å². The highest BCUT2D eigenvalue weighted by atomic mass is 19.1. The average Bonchev–Trinajstić information content (AvgIpc) is 3.60. The Morgan fingerprint density at radius 2 is 1.97 bits per heavy atom. The van der Waals surface area contributed by atoms with Crippen molar-refractivity contribution in [3.8, 4) is 5.75 Å². The van der Waals surface area contributed by atoms with E-state index in [1.807, 2.05) is 16.7 Å². The van der Waals surface area contributed by atoms with E-state index in [0.29, 0.717) is 25.2 Å². The number of benzene rings is 1. The molecule has 0 bridgehead atoms. The molecule has 0 amide bonds. The van der Waals surface area contributed by atoms with Gasteiger partial charge in [-0.2, -0.15) is 0 Å². The maximum Gasteiger partial charge on any atom is 0.341 e. The van der Waals surface area contributed by atoms with E-state index >= 15 is 4.39 Å². The van der Waals surface area contributed by atoms with Crippen molar-refractivity contribution in [2.75, 3.05) is 45.3 Å². The number of hydrogen-bond acceptors (Lipinski definition) is 7. The molecule has 4 rings (SSSR count). The molecule has 1 aliphatic carbocycles. The largest absolute Gasteiger partial charge is 0.492 e. The minimum atomic E-state index is -1.34. The van der Waals surface area contributed by atoms with Gasteiger partial charge in [-0.15, -0.1) is 0 Å². The molecule has 1 aromatic heterocycles. The minimum absolute atomic E-state index is 0.00715. The highest BCUT2D eigenvalue weighted by Crippen LogP contribution is 2.44. The number of esters is 1. The summed E-state index contributed by atoms with van der Waals surface area (Å²) in [7, 11) is 2.76. The summed E-state index contributed by atoms with van der Waals surface area (Å²) in [5.74, 6) is -2.10. The standard InChI is InChI=1S/C22H26FN3O6/c1-12-9-25(7-6-24(12)11-17(27)31-2)19-16(23)8-14-18(21(19)32-3)26(13-4-5-13)10-15(20(14)28)22(29)30/h8,10,12-13H,4-7,9,11H2,1-3H3,(H,29,30). The molecule has 9 nitrogen and oxygen atoms in total. The summed E-state index contributed by atoms with van der Waals surface area (Å²) in [4.78, 5) is 39.9. The Labute approximate surface area is 183 Å². The lowest BCUT2D eigenvalue weighted by atomic mass is 10.1. The van der Waals surface area contributed by atoms with Crippen LogP contribution in [0.2, 0.25) is 0 Å². The van der Waals surface area contributed by atoms with E-state index in [-0.39, 0.29) is 47.0 Å². The lowest BCUT2D eigenvalue weighted by Gasteiger charge is -2.41. The summed E-state index contributed by atoms with van der Waals surface area (Å²) < 4.78 is 27.5. The molecule has 1 saturated heterocycles. The average molecular weight is 447 g/mol. The van der Waals surface area contributed by atoms with Gasteiger partial charge < -0.3 is 24.0 Å². The Balaban J connectivity index is 1.81. The van der Waals surface area contributed by atoms with E-state index < -0.39 is 17.2 Å². The number of nitrogens with zero attached hydrogens (tertiary/aromatic N) is 3. The van der Waals surface area contributed by atoms with E-state index in [1.54, 1.807) is 4.57 Å². The van der Waals surface area contributed by atoms with E-state index in [1.165, 1.54) is 20.4 Å². The van der Waals surface area contributed by atoms with E-state index in [9.17, 15) is 19.5 Å². The fourth-order valence-electron chi connectivity index (χ4n) is 4.39. The summed E-state index contributed by atoms with van der Waals surface area (Å²) in [5, 5.41) is 9.45. The van der Waals surface area contributed by atoms with E-state index in [0.717, 1.165) is 18.9 Å². The van der Waals surface area contributed by atoms with Gasteiger partial charge in [-0.3, -0.25) is 14.5 Å². The van der Waals surface area contributed by atoms with Crippen molar-refractivity contribution in [3.63, 3.8) is 0 Å². The van der Waals surface area contributed by atoms with Crippen molar-refractivity contribution >= 4 is 28.5 Å². The van der Waals surface area contributed by atoms with Crippen LogP contribution in [0, 0.1) is 5.82 Å². The molecule has 0 spiro atoms. The number of carbonyl (C=O) groups is 2. The van der Waals surface area contributed by atoms with Crippen molar-refractivity contribution in [2.45, 2.75) is 31.8 Å². The molecule has 172 valence electrons. The number of fused-ring (bicyclic) bond motifs is 1. The summed E-state index contributed by atoms with van der Waals surface area (Å²) in [6.45, 7) is 3.50. The molecule has 10 heteroatoms. The summed E-state index contributed by atoms with van der Waals surface area (Å²) in [6.07, 6.45) is 3.03. The summed E-state index contributed by atoms with van der Waals surface area (Å²) in [6, 6.07) is 1.11. The normalized spacial score (nSPS) is 19.2. The monoisotopic (exact) mass is 447 g/mol. The number of carbonyl (C=O) groups excluding carboxylic acids is 1. The number of anilines is 1. The molecular weight excluding hydrogens is 421 g/mol. The topological polar surface area (TPSA) is 101 Å². The predicted octanol–water partition coefficient (Wildman–Crippen LogP) is 1.87. The van der Waals surface area contributed by atoms with Crippen LogP contribution in [0.25, 0.3) is 10.9 Å². The van der Waals surface area contributed by atoms with Crippen LogP contribution in [0.15, 0.2) is 17.1 Å². The van der Waals surface area contributed by atoms with Crippen molar-refractivity contribution in [2.24, 2.45) is 0 Å². The third kappa shape index (κ3) is 3.79. The molecule has 2 aliphatic rings. The zero-order valence-corrected chi connectivity index (χ0v) is 18.3. The number of ether oxygens (including phenoxy) is 2. The Hall–Kier alpha value is -3.14. The number of hydrogen-bond donors (Lipinski definition) is 1. The Kier molecular flexibility index (Phi) is 5.81. The summed E-state index contributed by atoms with van der Waals surface area (Å²) in [5.41, 5.74) is -0.472. The van der Waals surface area contributed by atoms with Gasteiger partial charge in [-0.05, 0) is 25.8 Å². The third-order valence-corrected chi connectivity index (χ3v) is 6.21. The molecular formula is C22H26FN3O6. The Bertz CT molecular complexity index is 1140.